The van der Waals surface area contributed by atoms with Crippen molar-refractivity contribution in [3.05, 3.63) is 32.8 Å². The molecule has 0 aromatic heterocycles. The molecule has 0 aliphatic carbocycles. The summed E-state index contributed by atoms with van der Waals surface area (Å²) in [7, 11) is 4.18. The number of hydrogen-bond donors (Lipinski definition) is 1. The zero-order valence-electron chi connectivity index (χ0n) is 13.4. The molecule has 0 aliphatic rings. The minimum Gasteiger partial charge on any atom is -0.308 e. The lowest BCUT2D eigenvalue weighted by Crippen LogP contribution is -2.40. The van der Waals surface area contributed by atoms with Gasteiger partial charge in [0.1, 0.15) is 0 Å². The second-order valence-corrected chi connectivity index (χ2v) is 7.40. The van der Waals surface area contributed by atoms with Crippen molar-refractivity contribution in [2.75, 3.05) is 20.6 Å². The normalized spacial score (nSPS) is 14.8. The summed E-state index contributed by atoms with van der Waals surface area (Å²) in [6.07, 6.45) is 1.11. The Labute approximate surface area is 143 Å². The lowest BCUT2D eigenvalue weighted by atomic mass is 10.0. The third-order valence-corrected chi connectivity index (χ3v) is 4.67. The fraction of sp³-hybridized carbons (Fsp3) is 0.625. The van der Waals surface area contributed by atoms with Crippen LogP contribution in [0.15, 0.2) is 12.1 Å². The first-order chi connectivity index (χ1) is 9.72. The van der Waals surface area contributed by atoms with Crippen LogP contribution in [0.1, 0.15) is 38.8 Å². The van der Waals surface area contributed by atoms with Crippen molar-refractivity contribution in [3.8, 4) is 0 Å². The molecule has 5 heteroatoms. The molecule has 1 aromatic rings. The maximum atomic E-state index is 6.32. The van der Waals surface area contributed by atoms with Gasteiger partial charge in [-0.1, -0.05) is 54.7 Å². The van der Waals surface area contributed by atoms with Gasteiger partial charge in [0.2, 0.25) is 0 Å². The van der Waals surface area contributed by atoms with E-state index in [4.69, 9.17) is 34.8 Å². The van der Waals surface area contributed by atoms with Crippen molar-refractivity contribution < 1.29 is 0 Å². The molecule has 2 unspecified atom stereocenters. The second kappa shape index (κ2) is 8.59. The largest absolute Gasteiger partial charge is 0.308 e. The highest BCUT2D eigenvalue weighted by Gasteiger charge is 2.19. The number of likely N-dealkylation sites (N-methyl/N-ethyl adjacent to an activating group) is 1. The molecular formula is C16H25Cl3N2. The van der Waals surface area contributed by atoms with Gasteiger partial charge in [-0.2, -0.15) is 0 Å². The summed E-state index contributed by atoms with van der Waals surface area (Å²) in [4.78, 5) is 2.20. The van der Waals surface area contributed by atoms with E-state index < -0.39 is 0 Å². The molecule has 2 nitrogen and oxygen atoms in total. The molecule has 1 aromatic carbocycles. The fourth-order valence-corrected chi connectivity index (χ4v) is 3.23. The lowest BCUT2D eigenvalue weighted by Gasteiger charge is -2.28. The smallest absolute Gasteiger partial charge is 0.0781 e. The van der Waals surface area contributed by atoms with Gasteiger partial charge in [0.25, 0.3) is 0 Å². The highest BCUT2D eigenvalue weighted by atomic mass is 35.5. The Kier molecular flexibility index (Phi) is 7.80. The highest BCUT2D eigenvalue weighted by molar-refractivity contribution is 6.48. The number of nitrogens with zero attached hydrogens (tertiary/aromatic N) is 1. The second-order valence-electron chi connectivity index (χ2n) is 6.24. The molecule has 0 aliphatic heterocycles. The number of hydrogen-bond acceptors (Lipinski definition) is 2. The van der Waals surface area contributed by atoms with Crippen molar-refractivity contribution in [1.82, 2.24) is 10.2 Å². The lowest BCUT2D eigenvalue weighted by molar-refractivity contribution is 0.291. The predicted octanol–water partition coefficient (Wildman–Crippen LogP) is 5.27. The van der Waals surface area contributed by atoms with E-state index in [9.17, 15) is 0 Å². The van der Waals surface area contributed by atoms with E-state index in [0.717, 1.165) is 18.5 Å². The monoisotopic (exact) mass is 350 g/mol. The van der Waals surface area contributed by atoms with E-state index in [2.05, 4.69) is 45.1 Å². The molecular weight excluding hydrogens is 327 g/mol. The summed E-state index contributed by atoms with van der Waals surface area (Å²) in [6, 6.07) is 4.26. The third kappa shape index (κ3) is 5.96. The SMILES string of the molecule is CC(C)CC(CN(C)C)NC(C)c1ccc(Cl)c(Cl)c1Cl. The molecule has 0 spiro atoms. The van der Waals surface area contributed by atoms with Crippen LogP contribution >= 0.6 is 34.8 Å². The fourth-order valence-electron chi connectivity index (χ4n) is 2.52. The topological polar surface area (TPSA) is 15.3 Å². The van der Waals surface area contributed by atoms with Crippen molar-refractivity contribution >= 4 is 34.8 Å². The molecule has 2 atom stereocenters. The first kappa shape index (κ1) is 19.1. The Morgan fingerprint density at radius 3 is 2.19 bits per heavy atom. The first-order valence-electron chi connectivity index (χ1n) is 7.26. The van der Waals surface area contributed by atoms with Crippen LogP contribution in [0.2, 0.25) is 15.1 Å². The summed E-state index contributed by atoms with van der Waals surface area (Å²) < 4.78 is 0. The van der Waals surface area contributed by atoms with Crippen LogP contribution in [0.25, 0.3) is 0 Å². The van der Waals surface area contributed by atoms with Gasteiger partial charge in [-0.05, 0) is 45.0 Å². The van der Waals surface area contributed by atoms with Crippen LogP contribution in [0.5, 0.6) is 0 Å². The van der Waals surface area contributed by atoms with Crippen LogP contribution in [0.4, 0.5) is 0 Å². The van der Waals surface area contributed by atoms with Gasteiger partial charge in [-0.15, -0.1) is 0 Å². The molecule has 120 valence electrons. The standard InChI is InChI=1S/C16H25Cl3N2/c1-10(2)8-12(9-21(4)5)20-11(3)13-6-7-14(17)16(19)15(13)18/h6-7,10-12,20H,8-9H2,1-5H3. The van der Waals surface area contributed by atoms with E-state index in [1.54, 1.807) is 6.07 Å². The Morgan fingerprint density at radius 1 is 1.05 bits per heavy atom. The maximum absolute atomic E-state index is 6.32. The Balaban J connectivity index is 2.86. The van der Waals surface area contributed by atoms with Crippen molar-refractivity contribution in [2.24, 2.45) is 5.92 Å². The molecule has 0 saturated heterocycles. The van der Waals surface area contributed by atoms with E-state index in [0.29, 0.717) is 27.0 Å². The van der Waals surface area contributed by atoms with E-state index in [-0.39, 0.29) is 6.04 Å². The Morgan fingerprint density at radius 2 is 1.67 bits per heavy atom. The number of benzene rings is 1. The third-order valence-electron chi connectivity index (χ3n) is 3.36. The van der Waals surface area contributed by atoms with Gasteiger partial charge in [-0.3, -0.25) is 0 Å². The minimum absolute atomic E-state index is 0.121. The van der Waals surface area contributed by atoms with Crippen LogP contribution in [-0.4, -0.2) is 31.6 Å². The van der Waals surface area contributed by atoms with Crippen LogP contribution < -0.4 is 5.32 Å². The van der Waals surface area contributed by atoms with E-state index in [1.165, 1.54) is 0 Å². The summed E-state index contributed by atoms with van der Waals surface area (Å²) in [5.41, 5.74) is 0.985. The molecule has 0 fully saturated rings. The molecule has 21 heavy (non-hydrogen) atoms. The van der Waals surface area contributed by atoms with Crippen molar-refractivity contribution in [1.29, 1.82) is 0 Å². The number of halogens is 3. The van der Waals surface area contributed by atoms with Crippen molar-refractivity contribution in [3.63, 3.8) is 0 Å². The Hall–Kier alpha value is 0.01000. The highest BCUT2D eigenvalue weighted by Crippen LogP contribution is 2.35. The van der Waals surface area contributed by atoms with Crippen LogP contribution in [0, 0.1) is 5.92 Å². The summed E-state index contributed by atoms with van der Waals surface area (Å²) >= 11 is 18.4. The molecule has 0 saturated carbocycles. The average Bonchev–Trinajstić information content (AvgIpc) is 2.34. The van der Waals surface area contributed by atoms with Gasteiger partial charge < -0.3 is 10.2 Å². The predicted molar refractivity (Wildman–Crippen MR) is 94.8 cm³/mol. The first-order valence-corrected chi connectivity index (χ1v) is 8.39. The molecule has 1 N–H and O–H groups in total. The maximum Gasteiger partial charge on any atom is 0.0781 e. The summed E-state index contributed by atoms with van der Waals surface area (Å²) in [6.45, 7) is 7.57. The van der Waals surface area contributed by atoms with Crippen LogP contribution in [-0.2, 0) is 0 Å². The quantitative estimate of drug-likeness (QED) is 0.673. The van der Waals surface area contributed by atoms with Crippen LogP contribution in [0.3, 0.4) is 0 Å². The molecule has 1 rings (SSSR count). The van der Waals surface area contributed by atoms with Gasteiger partial charge in [0.15, 0.2) is 0 Å². The van der Waals surface area contributed by atoms with Gasteiger partial charge in [-0.25, -0.2) is 0 Å². The molecule has 0 heterocycles. The van der Waals surface area contributed by atoms with E-state index >= 15 is 0 Å². The van der Waals surface area contributed by atoms with Gasteiger partial charge in [0, 0.05) is 18.6 Å². The number of rotatable bonds is 7. The molecule has 0 bridgehead atoms. The zero-order valence-corrected chi connectivity index (χ0v) is 15.6. The minimum atomic E-state index is 0.121. The zero-order chi connectivity index (χ0) is 16.2. The summed E-state index contributed by atoms with van der Waals surface area (Å²) in [5.74, 6) is 0.638. The average molecular weight is 352 g/mol. The van der Waals surface area contributed by atoms with Crippen molar-refractivity contribution in [2.45, 2.75) is 39.3 Å². The summed E-state index contributed by atoms with van der Waals surface area (Å²) in [5, 5.41) is 5.11. The van der Waals surface area contributed by atoms with E-state index in [1.807, 2.05) is 6.07 Å². The number of nitrogens with one attached hydrogen (secondary N) is 1. The van der Waals surface area contributed by atoms with Gasteiger partial charge >= 0.3 is 0 Å². The van der Waals surface area contributed by atoms with Gasteiger partial charge in [0.05, 0.1) is 15.1 Å². The Bertz CT molecular complexity index is 451. The molecule has 0 radical (unpaired) electrons. The molecule has 0 amide bonds.